The number of hydrogen-bond donors (Lipinski definition) is 3. The van der Waals surface area contributed by atoms with Crippen molar-refractivity contribution in [3.8, 4) is 11.1 Å². The molecule has 0 aliphatic carbocycles. The van der Waals surface area contributed by atoms with Gasteiger partial charge in [0.1, 0.15) is 5.69 Å². The second-order valence-electron chi connectivity index (χ2n) is 9.67. The molecule has 1 fully saturated rings. The third kappa shape index (κ3) is 4.70. The molecular weight excluding hydrogens is 452 g/mol. The molecule has 186 valence electrons. The summed E-state index contributed by atoms with van der Waals surface area (Å²) in [6.07, 6.45) is 0. The predicted octanol–water partition coefficient (Wildman–Crippen LogP) is 3.49. The highest BCUT2D eigenvalue weighted by atomic mass is 16.5. The van der Waals surface area contributed by atoms with E-state index in [9.17, 15) is 10.0 Å². The van der Waals surface area contributed by atoms with Gasteiger partial charge in [0.2, 0.25) is 0 Å². The van der Waals surface area contributed by atoms with Gasteiger partial charge >= 0.3 is 0 Å². The number of anilines is 2. The molecule has 0 bridgehead atoms. The van der Waals surface area contributed by atoms with Gasteiger partial charge in [-0.15, -0.1) is 0 Å². The molecule has 0 spiro atoms. The van der Waals surface area contributed by atoms with Crippen molar-refractivity contribution in [2.24, 2.45) is 5.10 Å². The zero-order valence-corrected chi connectivity index (χ0v) is 21.2. The standard InChI is InChI=1S/C28H32N6O2/c1-18-6-5-7-19(2)25(18)22-16-20(3)26-24(17-22)34(36)31-28(30-26)29-23-10-8-21(9-11-23)27(35)33-14-12-32(4)13-15-33/h5-11,16-17,34H,12-15H2,1-4H3,(H2,29,30,31). The van der Waals surface area contributed by atoms with E-state index in [4.69, 9.17) is 0 Å². The number of fused-ring (bicyclic) bond motifs is 1. The summed E-state index contributed by atoms with van der Waals surface area (Å²) in [7, 11) is 2.07. The number of hydrogen-bond acceptors (Lipinski definition) is 6. The van der Waals surface area contributed by atoms with Gasteiger partial charge in [0.15, 0.2) is 5.69 Å². The maximum atomic E-state index is 13.0. The lowest BCUT2D eigenvalue weighted by molar-refractivity contribution is -0.783. The molecule has 1 saturated heterocycles. The van der Waals surface area contributed by atoms with Crippen LogP contribution in [0.15, 0.2) is 59.7 Å². The Morgan fingerprint density at radius 1 is 0.972 bits per heavy atom. The molecule has 1 unspecified atom stereocenters. The average Bonchev–Trinajstić information content (AvgIpc) is 2.85. The van der Waals surface area contributed by atoms with Crippen LogP contribution in [0.2, 0.25) is 0 Å². The number of likely N-dealkylation sites (N-methyl/N-ethyl adjacent to an activating group) is 1. The van der Waals surface area contributed by atoms with Crippen molar-refractivity contribution in [2.75, 3.05) is 43.9 Å². The molecule has 2 aliphatic heterocycles. The Kier molecular flexibility index (Phi) is 6.49. The van der Waals surface area contributed by atoms with Gasteiger partial charge in [0.05, 0.1) is 0 Å². The quantitative estimate of drug-likeness (QED) is 0.496. The lowest BCUT2D eigenvalue weighted by Gasteiger charge is -2.32. The molecule has 2 heterocycles. The Bertz CT molecular complexity index is 1310. The third-order valence-electron chi connectivity index (χ3n) is 6.98. The Balaban J connectivity index is 1.32. The summed E-state index contributed by atoms with van der Waals surface area (Å²) in [6, 6.07) is 17.5. The number of piperazine rings is 1. The zero-order chi connectivity index (χ0) is 25.4. The van der Waals surface area contributed by atoms with E-state index in [1.54, 1.807) is 0 Å². The molecule has 1 atom stereocenters. The van der Waals surface area contributed by atoms with Crippen molar-refractivity contribution < 1.29 is 9.97 Å². The van der Waals surface area contributed by atoms with Gasteiger partial charge < -0.3 is 25.6 Å². The lowest BCUT2D eigenvalue weighted by Crippen LogP contribution is -2.98. The second kappa shape index (κ2) is 9.73. The summed E-state index contributed by atoms with van der Waals surface area (Å²) in [6.45, 7) is 9.42. The maximum absolute atomic E-state index is 13.0. The molecule has 5 rings (SSSR count). The minimum atomic E-state index is -0.288. The Morgan fingerprint density at radius 3 is 2.31 bits per heavy atom. The highest BCUT2D eigenvalue weighted by molar-refractivity contribution is 6.06. The fraction of sp³-hybridized carbons (Fsp3) is 0.286. The van der Waals surface area contributed by atoms with Crippen molar-refractivity contribution >= 4 is 28.9 Å². The van der Waals surface area contributed by atoms with Gasteiger partial charge in [0.25, 0.3) is 11.9 Å². The van der Waals surface area contributed by atoms with Crippen LogP contribution in [0.5, 0.6) is 0 Å². The number of nitrogens with zero attached hydrogens (tertiary/aromatic N) is 3. The van der Waals surface area contributed by atoms with E-state index in [1.165, 1.54) is 11.1 Å². The molecule has 3 aromatic rings. The number of aryl methyl sites for hydroxylation is 3. The lowest BCUT2D eigenvalue weighted by atomic mass is 9.93. The van der Waals surface area contributed by atoms with E-state index in [0.29, 0.717) is 17.2 Å². The van der Waals surface area contributed by atoms with Crippen molar-refractivity contribution in [3.63, 3.8) is 0 Å². The Morgan fingerprint density at radius 2 is 1.64 bits per heavy atom. The summed E-state index contributed by atoms with van der Waals surface area (Å²) >= 11 is 0. The molecule has 8 nitrogen and oxygen atoms in total. The molecule has 1 amide bonds. The van der Waals surface area contributed by atoms with Gasteiger partial charge in [-0.25, -0.2) is 5.17 Å². The van der Waals surface area contributed by atoms with E-state index in [1.807, 2.05) is 48.2 Å². The van der Waals surface area contributed by atoms with Crippen LogP contribution >= 0.6 is 0 Å². The van der Waals surface area contributed by atoms with Crippen LogP contribution in [-0.4, -0.2) is 54.9 Å². The highest BCUT2D eigenvalue weighted by Crippen LogP contribution is 2.34. The van der Waals surface area contributed by atoms with Crippen LogP contribution in [0.1, 0.15) is 27.0 Å². The molecule has 0 saturated carbocycles. The van der Waals surface area contributed by atoms with Crippen LogP contribution in [-0.2, 0) is 0 Å². The number of guanidine groups is 1. The molecule has 0 aromatic heterocycles. The number of amides is 1. The van der Waals surface area contributed by atoms with Gasteiger partial charge in [0, 0.05) is 43.5 Å². The zero-order valence-electron chi connectivity index (χ0n) is 21.2. The van der Waals surface area contributed by atoms with E-state index in [-0.39, 0.29) is 11.1 Å². The number of nitrogens with one attached hydrogen (secondary N) is 3. The fourth-order valence-electron chi connectivity index (χ4n) is 4.93. The van der Waals surface area contributed by atoms with E-state index in [0.717, 1.165) is 54.2 Å². The minimum absolute atomic E-state index is 0.0437. The van der Waals surface area contributed by atoms with E-state index in [2.05, 4.69) is 59.7 Å². The van der Waals surface area contributed by atoms with Gasteiger partial charge in [-0.1, -0.05) is 18.2 Å². The number of quaternary nitrogens is 1. The summed E-state index contributed by atoms with van der Waals surface area (Å²) in [5, 5.41) is 23.4. The summed E-state index contributed by atoms with van der Waals surface area (Å²) in [5.74, 6) is 0.413. The first-order valence-electron chi connectivity index (χ1n) is 12.3. The second-order valence-corrected chi connectivity index (χ2v) is 9.67. The highest BCUT2D eigenvalue weighted by Gasteiger charge is 2.24. The van der Waals surface area contributed by atoms with Crippen LogP contribution in [0, 0.1) is 26.0 Å². The van der Waals surface area contributed by atoms with Gasteiger partial charge in [-0.3, -0.25) is 4.79 Å². The normalized spacial score (nSPS) is 17.8. The molecule has 2 aliphatic rings. The van der Waals surface area contributed by atoms with Crippen molar-refractivity contribution in [2.45, 2.75) is 20.8 Å². The monoisotopic (exact) mass is 484 g/mol. The third-order valence-corrected chi connectivity index (χ3v) is 6.98. The molecule has 8 heteroatoms. The predicted molar refractivity (Wildman–Crippen MR) is 145 cm³/mol. The smallest absolute Gasteiger partial charge is 0.260 e. The fourth-order valence-corrected chi connectivity index (χ4v) is 4.93. The maximum Gasteiger partial charge on any atom is 0.260 e. The average molecular weight is 485 g/mol. The van der Waals surface area contributed by atoms with Crippen molar-refractivity contribution in [1.82, 2.24) is 9.80 Å². The minimum Gasteiger partial charge on any atom is -0.601 e. The number of carbonyl (C=O) groups is 1. The topological polar surface area (TPSA) is 87.5 Å². The Labute approximate surface area is 211 Å². The number of benzene rings is 3. The van der Waals surface area contributed by atoms with E-state index < -0.39 is 0 Å². The first-order chi connectivity index (χ1) is 17.3. The van der Waals surface area contributed by atoms with Crippen LogP contribution < -0.4 is 15.8 Å². The summed E-state index contributed by atoms with van der Waals surface area (Å²) in [5.41, 5.74) is 8.20. The molecule has 36 heavy (non-hydrogen) atoms. The first-order valence-corrected chi connectivity index (χ1v) is 12.3. The summed E-state index contributed by atoms with van der Waals surface area (Å²) < 4.78 is 0. The van der Waals surface area contributed by atoms with Gasteiger partial charge in [-0.2, -0.15) is 0 Å². The number of rotatable bonds is 3. The van der Waals surface area contributed by atoms with Crippen molar-refractivity contribution in [3.05, 3.63) is 82.1 Å². The molecule has 3 aromatic carbocycles. The molecule has 3 N–H and O–H groups in total. The summed E-state index contributed by atoms with van der Waals surface area (Å²) in [4.78, 5) is 16.9. The SMILES string of the molecule is Cc1cc(-c2c(C)cccc2C)cc2c1NC(Nc1ccc(C(=O)N3CCN(C)CC3)cc1)=N[NH+]2[O-]. The first kappa shape index (κ1) is 24.0. The number of carbonyl (C=O) groups excluding carboxylic acids is 1. The molecule has 0 radical (unpaired) electrons. The van der Waals surface area contributed by atoms with Gasteiger partial charge in [-0.05, 0) is 91.1 Å². The molecular formula is C28H32N6O2. The van der Waals surface area contributed by atoms with Crippen LogP contribution in [0.25, 0.3) is 11.1 Å². The van der Waals surface area contributed by atoms with Crippen LogP contribution in [0.3, 0.4) is 0 Å². The van der Waals surface area contributed by atoms with E-state index >= 15 is 0 Å². The Hall–Kier alpha value is -3.72. The van der Waals surface area contributed by atoms with Crippen LogP contribution in [0.4, 0.5) is 17.1 Å². The largest absolute Gasteiger partial charge is 0.601 e. The van der Waals surface area contributed by atoms with Crippen molar-refractivity contribution in [1.29, 1.82) is 0 Å².